The van der Waals surface area contributed by atoms with Crippen molar-refractivity contribution in [3.63, 3.8) is 0 Å². The van der Waals surface area contributed by atoms with Gasteiger partial charge in [-0.25, -0.2) is 0 Å². The molecule has 1 unspecified atom stereocenters. The van der Waals surface area contributed by atoms with Crippen LogP contribution in [0.2, 0.25) is 5.02 Å². The first-order valence-corrected chi connectivity index (χ1v) is 7.86. The highest BCUT2D eigenvalue weighted by molar-refractivity contribution is 6.32. The fourth-order valence-corrected chi connectivity index (χ4v) is 2.82. The van der Waals surface area contributed by atoms with Gasteiger partial charge in [-0.05, 0) is 30.9 Å². The van der Waals surface area contributed by atoms with Crippen LogP contribution in [0.4, 0.5) is 0 Å². The molecule has 116 valence electrons. The number of benzene rings is 1. The highest BCUT2D eigenvalue weighted by Gasteiger charge is 2.23. The number of ether oxygens (including phenoxy) is 1. The van der Waals surface area contributed by atoms with Gasteiger partial charge in [0.05, 0.1) is 24.2 Å². The number of aliphatic hydroxyl groups excluding tert-OH is 1. The van der Waals surface area contributed by atoms with Gasteiger partial charge in [0.2, 0.25) is 5.91 Å². The van der Waals surface area contributed by atoms with Crippen LogP contribution in [0.25, 0.3) is 0 Å². The fraction of sp³-hybridized carbons (Fsp3) is 0.562. The zero-order chi connectivity index (χ0) is 15.1. The summed E-state index contributed by atoms with van der Waals surface area (Å²) in [6, 6.07) is 7.17. The van der Waals surface area contributed by atoms with E-state index in [9.17, 15) is 9.90 Å². The van der Waals surface area contributed by atoms with Crippen LogP contribution in [-0.4, -0.2) is 30.3 Å². The first-order chi connectivity index (χ1) is 10.2. The molecule has 4 nitrogen and oxygen atoms in total. The SMILES string of the molecule is O=C(CCOc1ccccc1Cl)NCC(O)C1CCCC1. The highest BCUT2D eigenvalue weighted by Crippen LogP contribution is 2.27. The Morgan fingerprint density at radius 2 is 2.10 bits per heavy atom. The molecule has 0 bridgehead atoms. The Balaban J connectivity index is 1.62. The molecule has 1 amide bonds. The molecule has 0 radical (unpaired) electrons. The first kappa shape index (κ1) is 16.1. The molecule has 0 spiro atoms. The molecule has 0 heterocycles. The Labute approximate surface area is 130 Å². The number of hydrogen-bond acceptors (Lipinski definition) is 3. The molecular formula is C16H22ClNO3. The number of carbonyl (C=O) groups excluding carboxylic acids is 1. The molecule has 0 saturated heterocycles. The van der Waals surface area contributed by atoms with Crippen molar-refractivity contribution in [3.05, 3.63) is 29.3 Å². The van der Waals surface area contributed by atoms with Crippen LogP contribution in [0, 0.1) is 5.92 Å². The van der Waals surface area contributed by atoms with Crippen molar-refractivity contribution in [1.29, 1.82) is 0 Å². The van der Waals surface area contributed by atoms with Crippen molar-refractivity contribution < 1.29 is 14.6 Å². The minimum atomic E-state index is -0.430. The van der Waals surface area contributed by atoms with E-state index in [-0.39, 0.29) is 18.9 Å². The smallest absolute Gasteiger partial charge is 0.223 e. The average Bonchev–Trinajstić information content (AvgIpc) is 3.01. The third-order valence-electron chi connectivity index (χ3n) is 3.88. The van der Waals surface area contributed by atoms with Crippen LogP contribution < -0.4 is 10.1 Å². The number of para-hydroxylation sites is 1. The van der Waals surface area contributed by atoms with E-state index in [0.29, 0.717) is 23.2 Å². The number of nitrogens with one attached hydrogen (secondary N) is 1. The van der Waals surface area contributed by atoms with E-state index in [1.165, 1.54) is 12.8 Å². The predicted octanol–water partition coefficient (Wildman–Crippen LogP) is 2.78. The molecule has 1 atom stereocenters. The monoisotopic (exact) mass is 311 g/mol. The van der Waals surface area contributed by atoms with E-state index < -0.39 is 6.10 Å². The second-order valence-corrected chi connectivity index (χ2v) is 5.85. The Morgan fingerprint density at radius 1 is 1.38 bits per heavy atom. The summed E-state index contributed by atoms with van der Waals surface area (Å²) >= 11 is 5.96. The lowest BCUT2D eigenvalue weighted by molar-refractivity contribution is -0.122. The minimum absolute atomic E-state index is 0.112. The molecule has 0 aromatic heterocycles. The molecule has 2 N–H and O–H groups in total. The Morgan fingerprint density at radius 3 is 2.81 bits per heavy atom. The van der Waals surface area contributed by atoms with Crippen molar-refractivity contribution in [1.82, 2.24) is 5.32 Å². The average molecular weight is 312 g/mol. The maximum Gasteiger partial charge on any atom is 0.223 e. The molecule has 1 aromatic rings. The molecular weight excluding hydrogens is 290 g/mol. The van der Waals surface area contributed by atoms with Gasteiger partial charge < -0.3 is 15.2 Å². The molecule has 1 aromatic carbocycles. The molecule has 21 heavy (non-hydrogen) atoms. The van der Waals surface area contributed by atoms with Crippen molar-refractivity contribution in [2.75, 3.05) is 13.2 Å². The van der Waals surface area contributed by atoms with Gasteiger partial charge in [-0.15, -0.1) is 0 Å². The number of amides is 1. The second-order valence-electron chi connectivity index (χ2n) is 5.44. The molecule has 1 saturated carbocycles. The molecule has 5 heteroatoms. The van der Waals surface area contributed by atoms with Gasteiger partial charge in [-0.3, -0.25) is 4.79 Å². The summed E-state index contributed by atoms with van der Waals surface area (Å²) in [6.07, 6.45) is 4.31. The summed E-state index contributed by atoms with van der Waals surface area (Å²) in [7, 11) is 0. The quantitative estimate of drug-likeness (QED) is 0.814. The Kier molecular flexibility index (Phi) is 6.33. The molecule has 1 aliphatic carbocycles. The van der Waals surface area contributed by atoms with E-state index >= 15 is 0 Å². The summed E-state index contributed by atoms with van der Waals surface area (Å²) in [4.78, 5) is 11.7. The van der Waals surface area contributed by atoms with E-state index in [0.717, 1.165) is 12.8 Å². The zero-order valence-corrected chi connectivity index (χ0v) is 12.8. The maximum atomic E-state index is 11.7. The van der Waals surface area contributed by atoms with Crippen molar-refractivity contribution in [2.24, 2.45) is 5.92 Å². The minimum Gasteiger partial charge on any atom is -0.491 e. The number of aliphatic hydroxyl groups is 1. The Hall–Kier alpha value is -1.26. The van der Waals surface area contributed by atoms with Crippen molar-refractivity contribution in [2.45, 2.75) is 38.2 Å². The van der Waals surface area contributed by atoms with Crippen LogP contribution in [0.3, 0.4) is 0 Å². The number of carbonyl (C=O) groups is 1. The zero-order valence-electron chi connectivity index (χ0n) is 12.1. The van der Waals surface area contributed by atoms with E-state index in [1.807, 2.05) is 12.1 Å². The van der Waals surface area contributed by atoms with Crippen LogP contribution >= 0.6 is 11.6 Å². The van der Waals surface area contributed by atoms with Crippen LogP contribution in [0.1, 0.15) is 32.1 Å². The van der Waals surface area contributed by atoms with Crippen LogP contribution in [-0.2, 0) is 4.79 Å². The lowest BCUT2D eigenvalue weighted by Crippen LogP contribution is -2.36. The standard InChI is InChI=1S/C16H22ClNO3/c17-13-7-3-4-8-15(13)21-10-9-16(20)18-11-14(19)12-5-1-2-6-12/h3-4,7-8,12,14,19H,1-2,5-6,9-11H2,(H,18,20). The summed E-state index contributed by atoms with van der Waals surface area (Å²) in [5.74, 6) is 0.807. The van der Waals surface area contributed by atoms with Gasteiger partial charge in [0.1, 0.15) is 5.75 Å². The topological polar surface area (TPSA) is 58.6 Å². The van der Waals surface area contributed by atoms with Gasteiger partial charge in [0.25, 0.3) is 0 Å². The van der Waals surface area contributed by atoms with E-state index in [4.69, 9.17) is 16.3 Å². The number of rotatable bonds is 7. The van der Waals surface area contributed by atoms with Crippen LogP contribution in [0.15, 0.2) is 24.3 Å². The lowest BCUT2D eigenvalue weighted by atomic mass is 10.0. The molecule has 0 aliphatic heterocycles. The Bertz CT molecular complexity index is 461. The van der Waals surface area contributed by atoms with Gasteiger partial charge in [0, 0.05) is 6.54 Å². The molecule has 2 rings (SSSR count). The lowest BCUT2D eigenvalue weighted by Gasteiger charge is -2.18. The third-order valence-corrected chi connectivity index (χ3v) is 4.19. The summed E-state index contributed by atoms with van der Waals surface area (Å²) in [5, 5.41) is 13.3. The van der Waals surface area contributed by atoms with Crippen LogP contribution in [0.5, 0.6) is 5.75 Å². The predicted molar refractivity (Wildman–Crippen MR) is 82.5 cm³/mol. The first-order valence-electron chi connectivity index (χ1n) is 7.49. The van der Waals surface area contributed by atoms with Gasteiger partial charge in [0.15, 0.2) is 0 Å². The van der Waals surface area contributed by atoms with E-state index in [1.54, 1.807) is 12.1 Å². The summed E-state index contributed by atoms with van der Waals surface area (Å²) in [6.45, 7) is 0.602. The summed E-state index contributed by atoms with van der Waals surface area (Å²) < 4.78 is 5.46. The third kappa shape index (κ3) is 5.21. The van der Waals surface area contributed by atoms with E-state index in [2.05, 4.69) is 5.32 Å². The van der Waals surface area contributed by atoms with Gasteiger partial charge in [-0.1, -0.05) is 36.6 Å². The molecule has 1 fully saturated rings. The fourth-order valence-electron chi connectivity index (χ4n) is 2.63. The highest BCUT2D eigenvalue weighted by atomic mass is 35.5. The summed E-state index contributed by atoms with van der Waals surface area (Å²) in [5.41, 5.74) is 0. The normalized spacial score (nSPS) is 16.7. The van der Waals surface area contributed by atoms with Gasteiger partial charge >= 0.3 is 0 Å². The maximum absolute atomic E-state index is 11.7. The van der Waals surface area contributed by atoms with Gasteiger partial charge in [-0.2, -0.15) is 0 Å². The largest absolute Gasteiger partial charge is 0.491 e. The number of halogens is 1. The van der Waals surface area contributed by atoms with Crippen molar-refractivity contribution in [3.8, 4) is 5.75 Å². The number of hydrogen-bond donors (Lipinski definition) is 2. The molecule has 1 aliphatic rings. The van der Waals surface area contributed by atoms with Crippen molar-refractivity contribution >= 4 is 17.5 Å². The second kappa shape index (κ2) is 8.25.